The molecule has 3 amide bonds. The average molecular weight is 427 g/mol. The van der Waals surface area contributed by atoms with Gasteiger partial charge in [-0.25, -0.2) is 17.6 Å². The van der Waals surface area contributed by atoms with E-state index in [1.165, 1.54) is 4.31 Å². The van der Waals surface area contributed by atoms with Crippen LogP contribution < -0.4 is 10.2 Å². The molecule has 30 heavy (non-hydrogen) atoms. The largest absolute Gasteiger partial charge is 0.326 e. The first kappa shape index (κ1) is 20.2. The van der Waals surface area contributed by atoms with Crippen molar-refractivity contribution in [2.45, 2.75) is 12.8 Å². The van der Waals surface area contributed by atoms with Gasteiger partial charge in [-0.3, -0.25) is 14.4 Å². The molecular formula is C21H21N3O5S. The summed E-state index contributed by atoms with van der Waals surface area (Å²) in [5.74, 6) is -1.57. The zero-order valence-electron chi connectivity index (χ0n) is 16.4. The van der Waals surface area contributed by atoms with Crippen molar-refractivity contribution in [1.82, 2.24) is 4.31 Å². The van der Waals surface area contributed by atoms with Crippen molar-refractivity contribution in [2.75, 3.05) is 29.6 Å². The van der Waals surface area contributed by atoms with Gasteiger partial charge >= 0.3 is 0 Å². The zero-order chi connectivity index (χ0) is 21.5. The molecule has 9 heteroatoms. The van der Waals surface area contributed by atoms with Crippen LogP contribution in [-0.2, 0) is 14.8 Å². The lowest BCUT2D eigenvalue weighted by molar-refractivity contribution is -0.120. The molecule has 0 spiro atoms. The molecule has 1 N–H and O–H groups in total. The van der Waals surface area contributed by atoms with Crippen molar-refractivity contribution in [3.8, 4) is 0 Å². The summed E-state index contributed by atoms with van der Waals surface area (Å²) in [6.07, 6.45) is 2.34. The van der Waals surface area contributed by atoms with Gasteiger partial charge < -0.3 is 5.32 Å². The number of imide groups is 1. The number of benzene rings is 2. The first-order valence-electron chi connectivity index (χ1n) is 9.59. The van der Waals surface area contributed by atoms with Crippen molar-refractivity contribution in [1.29, 1.82) is 0 Å². The van der Waals surface area contributed by atoms with Crippen LogP contribution in [0.25, 0.3) is 0 Å². The van der Waals surface area contributed by atoms with E-state index < -0.39 is 27.8 Å². The molecule has 156 valence electrons. The molecule has 4 rings (SSSR count). The Hall–Kier alpha value is -3.04. The molecule has 0 aliphatic carbocycles. The van der Waals surface area contributed by atoms with Crippen molar-refractivity contribution < 1.29 is 22.8 Å². The minimum Gasteiger partial charge on any atom is -0.326 e. The Morgan fingerprint density at radius 2 is 1.70 bits per heavy atom. The van der Waals surface area contributed by atoms with E-state index >= 15 is 0 Å². The molecule has 0 aromatic heterocycles. The topological polar surface area (TPSA) is 104 Å². The van der Waals surface area contributed by atoms with Gasteiger partial charge in [-0.15, -0.1) is 0 Å². The van der Waals surface area contributed by atoms with E-state index in [2.05, 4.69) is 5.32 Å². The molecule has 1 unspecified atom stereocenters. The van der Waals surface area contributed by atoms with Gasteiger partial charge in [-0.05, 0) is 43.2 Å². The highest BCUT2D eigenvalue weighted by Gasteiger charge is 2.36. The van der Waals surface area contributed by atoms with Gasteiger partial charge in [0.15, 0.2) is 0 Å². The fourth-order valence-electron chi connectivity index (χ4n) is 3.85. The minimum atomic E-state index is -3.35. The van der Waals surface area contributed by atoms with Gasteiger partial charge in [0.25, 0.3) is 11.8 Å². The fourth-order valence-corrected chi connectivity index (χ4v) is 4.76. The van der Waals surface area contributed by atoms with Crippen molar-refractivity contribution in [3.05, 3.63) is 59.7 Å². The van der Waals surface area contributed by atoms with Crippen molar-refractivity contribution in [2.24, 2.45) is 5.92 Å². The lowest BCUT2D eigenvalue weighted by atomic mass is 9.98. The molecule has 1 saturated heterocycles. The highest BCUT2D eigenvalue weighted by Crippen LogP contribution is 2.30. The van der Waals surface area contributed by atoms with Crippen LogP contribution in [0, 0.1) is 5.92 Å². The number of hydrogen-bond acceptors (Lipinski definition) is 5. The summed E-state index contributed by atoms with van der Waals surface area (Å²) >= 11 is 0. The van der Waals surface area contributed by atoms with Crippen molar-refractivity contribution >= 4 is 39.1 Å². The van der Waals surface area contributed by atoms with Crippen LogP contribution in [0.2, 0.25) is 0 Å². The third-order valence-corrected chi connectivity index (χ3v) is 6.66. The maximum Gasteiger partial charge on any atom is 0.266 e. The van der Waals surface area contributed by atoms with E-state index in [1.54, 1.807) is 48.5 Å². The Kier molecular flexibility index (Phi) is 5.17. The maximum atomic E-state index is 12.7. The third-order valence-electron chi connectivity index (χ3n) is 5.39. The predicted molar refractivity (Wildman–Crippen MR) is 112 cm³/mol. The SMILES string of the molecule is CS(=O)(=O)N1CCCC(C(=O)Nc2cccc(N3C(=O)c4ccccc4C3=O)c2)C1. The smallest absolute Gasteiger partial charge is 0.266 e. The number of nitrogens with zero attached hydrogens (tertiary/aromatic N) is 2. The second-order valence-corrected chi connectivity index (χ2v) is 9.47. The Morgan fingerprint density at radius 1 is 1.03 bits per heavy atom. The fraction of sp³-hybridized carbons (Fsp3) is 0.286. The van der Waals surface area contributed by atoms with Crippen LogP contribution in [0.1, 0.15) is 33.6 Å². The summed E-state index contributed by atoms with van der Waals surface area (Å²) in [6.45, 7) is 0.556. The van der Waals surface area contributed by atoms with Gasteiger partial charge in [-0.1, -0.05) is 18.2 Å². The summed E-state index contributed by atoms with van der Waals surface area (Å²) < 4.78 is 24.9. The average Bonchev–Trinajstić information content (AvgIpc) is 2.98. The molecule has 1 fully saturated rings. The molecule has 2 aromatic carbocycles. The van der Waals surface area contributed by atoms with E-state index in [9.17, 15) is 22.8 Å². The van der Waals surface area contributed by atoms with Gasteiger partial charge in [0.2, 0.25) is 15.9 Å². The summed E-state index contributed by atoms with van der Waals surface area (Å²) in [4.78, 5) is 39.1. The normalized spacial score (nSPS) is 19.6. The molecule has 1 atom stereocenters. The molecule has 0 bridgehead atoms. The number of anilines is 2. The molecule has 0 saturated carbocycles. The highest BCUT2D eigenvalue weighted by atomic mass is 32.2. The molecule has 2 aliphatic rings. The number of amides is 3. The zero-order valence-corrected chi connectivity index (χ0v) is 17.2. The number of fused-ring (bicyclic) bond motifs is 1. The lowest BCUT2D eigenvalue weighted by Gasteiger charge is -2.30. The molecule has 2 aromatic rings. The van der Waals surface area contributed by atoms with Crippen LogP contribution in [-0.4, -0.2) is 49.8 Å². The van der Waals surface area contributed by atoms with Crippen molar-refractivity contribution in [3.63, 3.8) is 0 Å². The number of carbonyl (C=O) groups excluding carboxylic acids is 3. The summed E-state index contributed by atoms with van der Waals surface area (Å²) in [7, 11) is -3.35. The number of carbonyl (C=O) groups is 3. The van der Waals surface area contributed by atoms with E-state index in [-0.39, 0.29) is 12.5 Å². The first-order chi connectivity index (χ1) is 14.3. The lowest BCUT2D eigenvalue weighted by Crippen LogP contribution is -2.43. The Labute approximate surface area is 174 Å². The molecule has 2 heterocycles. The van der Waals surface area contributed by atoms with E-state index in [4.69, 9.17) is 0 Å². The summed E-state index contributed by atoms with van der Waals surface area (Å²) in [6, 6.07) is 13.1. The number of hydrogen-bond donors (Lipinski definition) is 1. The first-order valence-corrected chi connectivity index (χ1v) is 11.4. The predicted octanol–water partition coefficient (Wildman–Crippen LogP) is 2.10. The van der Waals surface area contributed by atoms with Crippen LogP contribution >= 0.6 is 0 Å². The quantitative estimate of drug-likeness (QED) is 0.753. The van der Waals surface area contributed by atoms with E-state index in [1.807, 2.05) is 0 Å². The van der Waals surface area contributed by atoms with Crippen LogP contribution in [0.15, 0.2) is 48.5 Å². The van der Waals surface area contributed by atoms with Gasteiger partial charge in [0.05, 0.1) is 29.0 Å². The Morgan fingerprint density at radius 3 is 2.33 bits per heavy atom. The summed E-state index contributed by atoms with van der Waals surface area (Å²) in [5, 5.41) is 2.79. The highest BCUT2D eigenvalue weighted by molar-refractivity contribution is 7.88. The summed E-state index contributed by atoms with van der Waals surface area (Å²) in [5.41, 5.74) is 1.49. The number of sulfonamides is 1. The van der Waals surface area contributed by atoms with Gasteiger partial charge in [-0.2, -0.15) is 0 Å². The van der Waals surface area contributed by atoms with E-state index in [0.717, 1.165) is 11.2 Å². The third kappa shape index (κ3) is 3.73. The molecule has 0 radical (unpaired) electrons. The van der Waals surface area contributed by atoms with Crippen LogP contribution in [0.4, 0.5) is 11.4 Å². The monoisotopic (exact) mass is 427 g/mol. The van der Waals surface area contributed by atoms with E-state index in [0.29, 0.717) is 41.9 Å². The van der Waals surface area contributed by atoms with Crippen LogP contribution in [0.3, 0.4) is 0 Å². The standard InChI is InChI=1S/C21H21N3O5S/c1-30(28,29)23-11-5-6-14(13-23)19(25)22-15-7-4-8-16(12-15)24-20(26)17-9-2-3-10-18(17)21(24)27/h2-4,7-10,12,14H,5-6,11,13H2,1H3,(H,22,25). The molecule has 2 aliphatic heterocycles. The molecular weight excluding hydrogens is 406 g/mol. The van der Waals surface area contributed by atoms with Gasteiger partial charge in [0.1, 0.15) is 0 Å². The second kappa shape index (κ2) is 7.66. The Balaban J connectivity index is 1.51. The number of nitrogens with one attached hydrogen (secondary N) is 1. The Bertz CT molecular complexity index is 1110. The maximum absolute atomic E-state index is 12.7. The number of piperidine rings is 1. The second-order valence-electron chi connectivity index (χ2n) is 7.49. The van der Waals surface area contributed by atoms with Crippen LogP contribution in [0.5, 0.6) is 0 Å². The minimum absolute atomic E-state index is 0.142. The number of rotatable bonds is 4. The van der Waals surface area contributed by atoms with Gasteiger partial charge in [0, 0.05) is 18.8 Å². The molecule has 8 nitrogen and oxygen atoms in total.